The molecule has 1 aromatic carbocycles. The van der Waals surface area contributed by atoms with Gasteiger partial charge in [-0.05, 0) is 56.2 Å². The Morgan fingerprint density at radius 1 is 1.32 bits per heavy atom. The molecule has 0 aromatic heterocycles. The van der Waals surface area contributed by atoms with Crippen molar-refractivity contribution < 1.29 is 4.74 Å². The predicted molar refractivity (Wildman–Crippen MR) is 77.1 cm³/mol. The van der Waals surface area contributed by atoms with E-state index < -0.39 is 0 Å². The predicted octanol–water partition coefficient (Wildman–Crippen LogP) is 4.40. The van der Waals surface area contributed by atoms with Gasteiger partial charge < -0.3 is 4.74 Å². The summed E-state index contributed by atoms with van der Waals surface area (Å²) in [6.45, 7) is 6.41. The van der Waals surface area contributed by atoms with E-state index in [-0.39, 0.29) is 12.0 Å². The molecule has 0 aliphatic heterocycles. The van der Waals surface area contributed by atoms with E-state index in [0.717, 1.165) is 18.6 Å². The summed E-state index contributed by atoms with van der Waals surface area (Å²) in [5.41, 5.74) is 2.44. The third-order valence-corrected chi connectivity index (χ3v) is 4.48. The van der Waals surface area contributed by atoms with E-state index in [9.17, 15) is 5.26 Å². The molecule has 0 bridgehead atoms. The summed E-state index contributed by atoms with van der Waals surface area (Å²) < 4.78 is 6.18. The van der Waals surface area contributed by atoms with Crippen LogP contribution < -0.4 is 4.74 Å². The Hall–Kier alpha value is -1.49. The minimum absolute atomic E-state index is 0.0442. The van der Waals surface area contributed by atoms with Gasteiger partial charge in [-0.25, -0.2) is 0 Å². The SMILES string of the molecule is CCC1CCC(C#N)C(Oc2cccc(C)c2C)C1. The Kier molecular flexibility index (Phi) is 4.47. The van der Waals surface area contributed by atoms with Gasteiger partial charge >= 0.3 is 0 Å². The zero-order valence-corrected chi connectivity index (χ0v) is 12.1. The third kappa shape index (κ3) is 3.10. The zero-order chi connectivity index (χ0) is 13.8. The van der Waals surface area contributed by atoms with Crippen LogP contribution in [-0.4, -0.2) is 6.10 Å². The maximum absolute atomic E-state index is 9.29. The third-order valence-electron chi connectivity index (χ3n) is 4.48. The number of hydrogen-bond acceptors (Lipinski definition) is 2. The van der Waals surface area contributed by atoms with Gasteiger partial charge in [0.15, 0.2) is 0 Å². The first-order valence-electron chi connectivity index (χ1n) is 7.28. The largest absolute Gasteiger partial charge is 0.489 e. The van der Waals surface area contributed by atoms with Crippen molar-refractivity contribution in [2.24, 2.45) is 11.8 Å². The molecule has 19 heavy (non-hydrogen) atoms. The van der Waals surface area contributed by atoms with Crippen molar-refractivity contribution in [3.63, 3.8) is 0 Å². The molecule has 1 saturated carbocycles. The molecular weight excluding hydrogens is 234 g/mol. The Labute approximate surface area is 116 Å². The first kappa shape index (κ1) is 13.9. The minimum Gasteiger partial charge on any atom is -0.489 e. The van der Waals surface area contributed by atoms with Gasteiger partial charge in [0.2, 0.25) is 0 Å². The van der Waals surface area contributed by atoms with Crippen molar-refractivity contribution in [3.05, 3.63) is 29.3 Å². The highest BCUT2D eigenvalue weighted by Gasteiger charge is 2.31. The average Bonchev–Trinajstić information content (AvgIpc) is 2.43. The lowest BCUT2D eigenvalue weighted by Gasteiger charge is -2.33. The van der Waals surface area contributed by atoms with Crippen LogP contribution >= 0.6 is 0 Å². The summed E-state index contributed by atoms with van der Waals surface area (Å²) in [6.07, 6.45) is 4.41. The summed E-state index contributed by atoms with van der Waals surface area (Å²) in [4.78, 5) is 0. The van der Waals surface area contributed by atoms with Crippen molar-refractivity contribution in [1.29, 1.82) is 5.26 Å². The second kappa shape index (κ2) is 6.10. The van der Waals surface area contributed by atoms with Gasteiger partial charge in [0, 0.05) is 0 Å². The van der Waals surface area contributed by atoms with Crippen LogP contribution in [0.3, 0.4) is 0 Å². The van der Waals surface area contributed by atoms with E-state index in [2.05, 4.69) is 32.9 Å². The fourth-order valence-corrected chi connectivity index (χ4v) is 2.88. The first-order valence-corrected chi connectivity index (χ1v) is 7.28. The van der Waals surface area contributed by atoms with Gasteiger partial charge in [-0.1, -0.05) is 25.5 Å². The number of aryl methyl sites for hydroxylation is 1. The molecule has 1 aromatic rings. The molecule has 0 spiro atoms. The molecular formula is C17H23NO. The number of rotatable bonds is 3. The molecule has 2 nitrogen and oxygen atoms in total. The molecule has 102 valence electrons. The lowest BCUT2D eigenvalue weighted by Crippen LogP contribution is -2.33. The molecule has 3 atom stereocenters. The summed E-state index contributed by atoms with van der Waals surface area (Å²) in [5, 5.41) is 9.29. The van der Waals surface area contributed by atoms with Crippen LogP contribution in [0.25, 0.3) is 0 Å². The molecule has 1 aliphatic carbocycles. The number of nitriles is 1. The fourth-order valence-electron chi connectivity index (χ4n) is 2.88. The van der Waals surface area contributed by atoms with Crippen LogP contribution in [0.5, 0.6) is 5.75 Å². The van der Waals surface area contributed by atoms with Crippen LogP contribution in [0.1, 0.15) is 43.7 Å². The van der Waals surface area contributed by atoms with Crippen LogP contribution in [0.15, 0.2) is 18.2 Å². The van der Waals surface area contributed by atoms with Gasteiger partial charge in [-0.15, -0.1) is 0 Å². The van der Waals surface area contributed by atoms with E-state index >= 15 is 0 Å². The molecule has 0 saturated heterocycles. The van der Waals surface area contributed by atoms with E-state index in [1.54, 1.807) is 0 Å². The van der Waals surface area contributed by atoms with Gasteiger partial charge in [-0.3, -0.25) is 0 Å². The smallest absolute Gasteiger partial charge is 0.122 e. The monoisotopic (exact) mass is 257 g/mol. The van der Waals surface area contributed by atoms with E-state index in [0.29, 0.717) is 5.92 Å². The maximum atomic E-state index is 9.29. The highest BCUT2D eigenvalue weighted by atomic mass is 16.5. The molecule has 0 heterocycles. The highest BCUT2D eigenvalue weighted by molar-refractivity contribution is 5.38. The second-order valence-corrected chi connectivity index (χ2v) is 5.68. The van der Waals surface area contributed by atoms with Gasteiger partial charge in [0.25, 0.3) is 0 Å². The molecule has 2 heteroatoms. The maximum Gasteiger partial charge on any atom is 0.122 e. The van der Waals surface area contributed by atoms with Crippen molar-refractivity contribution in [1.82, 2.24) is 0 Å². The second-order valence-electron chi connectivity index (χ2n) is 5.68. The lowest BCUT2D eigenvalue weighted by molar-refractivity contribution is 0.0885. The van der Waals surface area contributed by atoms with Crippen molar-refractivity contribution >= 4 is 0 Å². The summed E-state index contributed by atoms with van der Waals surface area (Å²) >= 11 is 0. The zero-order valence-electron chi connectivity index (χ0n) is 12.1. The topological polar surface area (TPSA) is 33.0 Å². The minimum atomic E-state index is 0.0442. The van der Waals surface area contributed by atoms with Crippen molar-refractivity contribution in [2.75, 3.05) is 0 Å². The van der Waals surface area contributed by atoms with Crippen LogP contribution in [-0.2, 0) is 0 Å². The average molecular weight is 257 g/mol. The molecule has 1 aliphatic rings. The van der Waals surface area contributed by atoms with Gasteiger partial charge in [0.05, 0.1) is 12.0 Å². The van der Waals surface area contributed by atoms with E-state index in [4.69, 9.17) is 4.74 Å². The normalized spacial score (nSPS) is 26.7. The lowest BCUT2D eigenvalue weighted by atomic mass is 9.79. The fraction of sp³-hybridized carbons (Fsp3) is 0.588. The molecule has 2 rings (SSSR count). The molecule has 0 radical (unpaired) electrons. The van der Waals surface area contributed by atoms with Crippen LogP contribution in [0.2, 0.25) is 0 Å². The standard InChI is InChI=1S/C17H23NO/c1-4-14-8-9-15(11-18)17(10-14)19-16-7-5-6-12(2)13(16)3/h5-7,14-15,17H,4,8-10H2,1-3H3. The Bertz CT molecular complexity index is 475. The summed E-state index contributed by atoms with van der Waals surface area (Å²) in [6, 6.07) is 8.57. The Balaban J connectivity index is 2.15. The van der Waals surface area contributed by atoms with E-state index in [1.807, 2.05) is 12.1 Å². The summed E-state index contributed by atoms with van der Waals surface area (Å²) in [5.74, 6) is 1.70. The van der Waals surface area contributed by atoms with Gasteiger partial charge in [-0.2, -0.15) is 5.26 Å². The van der Waals surface area contributed by atoms with Crippen LogP contribution in [0, 0.1) is 37.0 Å². The number of nitrogens with zero attached hydrogens (tertiary/aromatic N) is 1. The van der Waals surface area contributed by atoms with Crippen molar-refractivity contribution in [2.45, 2.75) is 52.6 Å². The number of hydrogen-bond donors (Lipinski definition) is 0. The van der Waals surface area contributed by atoms with Crippen molar-refractivity contribution in [3.8, 4) is 11.8 Å². The van der Waals surface area contributed by atoms with Crippen LogP contribution in [0.4, 0.5) is 0 Å². The molecule has 3 unspecified atom stereocenters. The van der Waals surface area contributed by atoms with Gasteiger partial charge in [0.1, 0.15) is 11.9 Å². The quantitative estimate of drug-likeness (QED) is 0.804. The molecule has 0 amide bonds. The Morgan fingerprint density at radius 2 is 2.11 bits per heavy atom. The van der Waals surface area contributed by atoms with E-state index in [1.165, 1.54) is 24.0 Å². The Morgan fingerprint density at radius 3 is 2.79 bits per heavy atom. The molecule has 1 fully saturated rings. The first-order chi connectivity index (χ1) is 9.15. The molecule has 0 N–H and O–H groups in total. The summed E-state index contributed by atoms with van der Waals surface area (Å²) in [7, 11) is 0. The number of benzene rings is 1. The highest BCUT2D eigenvalue weighted by Crippen LogP contribution is 2.34. The number of ether oxygens (including phenoxy) is 1.